The molecule has 0 atom stereocenters. The fraction of sp³-hybridized carbons (Fsp3) is 1.00. The average Bonchev–Trinajstić information content (AvgIpc) is 2.71. The zero-order valence-electron chi connectivity index (χ0n) is 9.67. The van der Waals surface area contributed by atoms with Gasteiger partial charge in [-0.05, 0) is 71.2 Å². The zero-order valence-corrected chi connectivity index (χ0v) is 9.67. The van der Waals surface area contributed by atoms with Crippen LogP contribution in [0, 0.1) is 0 Å². The van der Waals surface area contributed by atoms with Crippen molar-refractivity contribution in [2.75, 3.05) is 32.7 Å². The van der Waals surface area contributed by atoms with E-state index in [1.54, 1.807) is 0 Å². The first kappa shape index (κ1) is 11.4. The molecular weight excluding hydrogens is 188 g/mol. The largest absolute Gasteiger partial charge is 0.390 e. The average molecular weight is 212 g/mol. The molecule has 2 N–H and O–H groups in total. The lowest BCUT2D eigenvalue weighted by atomic mass is 9.88. The van der Waals surface area contributed by atoms with Crippen LogP contribution in [0.25, 0.3) is 0 Å². The number of hydrogen-bond acceptors (Lipinski definition) is 3. The van der Waals surface area contributed by atoms with Gasteiger partial charge in [0.05, 0.1) is 5.60 Å². The highest BCUT2D eigenvalue weighted by Crippen LogP contribution is 2.24. The third-order valence-electron chi connectivity index (χ3n) is 3.85. The topological polar surface area (TPSA) is 35.5 Å². The molecule has 3 nitrogen and oxygen atoms in total. The van der Waals surface area contributed by atoms with Gasteiger partial charge in [0.2, 0.25) is 0 Å². The Morgan fingerprint density at radius 1 is 1.13 bits per heavy atom. The van der Waals surface area contributed by atoms with Crippen molar-refractivity contribution in [1.29, 1.82) is 0 Å². The van der Waals surface area contributed by atoms with Crippen molar-refractivity contribution in [2.45, 2.75) is 44.1 Å². The number of aliphatic hydroxyl groups is 1. The Balaban J connectivity index is 1.63. The second kappa shape index (κ2) is 5.28. The van der Waals surface area contributed by atoms with Crippen LogP contribution in [0.4, 0.5) is 0 Å². The lowest BCUT2D eigenvalue weighted by Crippen LogP contribution is -2.42. The molecule has 2 fully saturated rings. The van der Waals surface area contributed by atoms with Crippen LogP contribution >= 0.6 is 0 Å². The highest BCUT2D eigenvalue weighted by atomic mass is 16.3. The molecule has 0 unspecified atom stereocenters. The van der Waals surface area contributed by atoms with Gasteiger partial charge in [-0.25, -0.2) is 0 Å². The zero-order chi connectivity index (χ0) is 10.6. The summed E-state index contributed by atoms with van der Waals surface area (Å²) < 4.78 is 0. The summed E-state index contributed by atoms with van der Waals surface area (Å²) in [5.74, 6) is 0. The lowest BCUT2D eigenvalue weighted by molar-refractivity contribution is -0.000833. The quantitative estimate of drug-likeness (QED) is 0.729. The van der Waals surface area contributed by atoms with Crippen LogP contribution in [0.5, 0.6) is 0 Å². The van der Waals surface area contributed by atoms with Gasteiger partial charge in [0.25, 0.3) is 0 Å². The second-order valence-electron chi connectivity index (χ2n) is 5.13. The Kier molecular flexibility index (Phi) is 4.00. The van der Waals surface area contributed by atoms with E-state index < -0.39 is 0 Å². The van der Waals surface area contributed by atoms with E-state index in [-0.39, 0.29) is 5.60 Å². The Hall–Kier alpha value is -0.120. The van der Waals surface area contributed by atoms with Crippen molar-refractivity contribution in [3.8, 4) is 0 Å². The number of likely N-dealkylation sites (tertiary alicyclic amines) is 1. The van der Waals surface area contributed by atoms with Crippen LogP contribution < -0.4 is 5.32 Å². The Morgan fingerprint density at radius 3 is 2.47 bits per heavy atom. The van der Waals surface area contributed by atoms with Gasteiger partial charge >= 0.3 is 0 Å². The molecule has 15 heavy (non-hydrogen) atoms. The van der Waals surface area contributed by atoms with E-state index in [4.69, 9.17) is 0 Å². The number of nitrogens with zero attached hydrogens (tertiary/aromatic N) is 1. The Bertz CT molecular complexity index is 184. The SMILES string of the molecule is OC1(CCCN2CCCC2)CCNCC1. The highest BCUT2D eigenvalue weighted by Gasteiger charge is 2.28. The van der Waals surface area contributed by atoms with Gasteiger partial charge in [-0.2, -0.15) is 0 Å². The van der Waals surface area contributed by atoms with Crippen LogP contribution in [0.1, 0.15) is 38.5 Å². The van der Waals surface area contributed by atoms with E-state index in [1.807, 2.05) is 0 Å². The fourth-order valence-electron chi connectivity index (χ4n) is 2.78. The molecule has 0 amide bonds. The van der Waals surface area contributed by atoms with Gasteiger partial charge in [0.1, 0.15) is 0 Å². The van der Waals surface area contributed by atoms with Crippen molar-refractivity contribution < 1.29 is 5.11 Å². The van der Waals surface area contributed by atoms with E-state index in [0.29, 0.717) is 0 Å². The van der Waals surface area contributed by atoms with Crippen LogP contribution in [0.15, 0.2) is 0 Å². The first-order chi connectivity index (χ1) is 7.29. The number of hydrogen-bond donors (Lipinski definition) is 2. The van der Waals surface area contributed by atoms with E-state index in [2.05, 4.69) is 10.2 Å². The molecule has 0 bridgehead atoms. The normalized spacial score (nSPS) is 27.0. The summed E-state index contributed by atoms with van der Waals surface area (Å²) in [5, 5.41) is 13.6. The number of nitrogens with one attached hydrogen (secondary N) is 1. The molecular formula is C12H24N2O. The van der Waals surface area contributed by atoms with Gasteiger partial charge in [-0.1, -0.05) is 0 Å². The molecule has 88 valence electrons. The maximum absolute atomic E-state index is 10.3. The number of piperidine rings is 1. The van der Waals surface area contributed by atoms with Gasteiger partial charge in [0, 0.05) is 0 Å². The summed E-state index contributed by atoms with van der Waals surface area (Å²) in [6.07, 6.45) is 6.77. The first-order valence-corrected chi connectivity index (χ1v) is 6.44. The van der Waals surface area contributed by atoms with Crippen LogP contribution in [0.3, 0.4) is 0 Å². The van der Waals surface area contributed by atoms with E-state index >= 15 is 0 Å². The highest BCUT2D eigenvalue weighted by molar-refractivity contribution is 4.84. The molecule has 2 saturated heterocycles. The molecule has 0 aromatic heterocycles. The first-order valence-electron chi connectivity index (χ1n) is 6.44. The molecule has 3 heteroatoms. The van der Waals surface area contributed by atoms with Gasteiger partial charge in [-0.3, -0.25) is 0 Å². The van der Waals surface area contributed by atoms with Crippen LogP contribution in [-0.4, -0.2) is 48.3 Å². The minimum atomic E-state index is -0.356. The maximum Gasteiger partial charge on any atom is 0.0672 e. The molecule has 0 spiro atoms. The molecule has 2 rings (SSSR count). The summed E-state index contributed by atoms with van der Waals surface area (Å²) in [6, 6.07) is 0. The maximum atomic E-state index is 10.3. The third-order valence-corrected chi connectivity index (χ3v) is 3.85. The third kappa shape index (κ3) is 3.44. The predicted octanol–water partition coefficient (Wildman–Crippen LogP) is 0.977. The van der Waals surface area contributed by atoms with Gasteiger partial charge in [0.15, 0.2) is 0 Å². The van der Waals surface area contributed by atoms with Crippen molar-refractivity contribution in [1.82, 2.24) is 10.2 Å². The molecule has 0 saturated carbocycles. The van der Waals surface area contributed by atoms with Gasteiger partial charge in [-0.15, -0.1) is 0 Å². The summed E-state index contributed by atoms with van der Waals surface area (Å²) in [6.45, 7) is 5.72. The fourth-order valence-corrected chi connectivity index (χ4v) is 2.78. The molecule has 2 aliphatic heterocycles. The van der Waals surface area contributed by atoms with E-state index in [1.165, 1.54) is 32.5 Å². The van der Waals surface area contributed by atoms with E-state index in [0.717, 1.165) is 38.8 Å². The molecule has 0 aliphatic carbocycles. The van der Waals surface area contributed by atoms with Crippen molar-refractivity contribution in [3.05, 3.63) is 0 Å². The minimum Gasteiger partial charge on any atom is -0.390 e. The smallest absolute Gasteiger partial charge is 0.0672 e. The summed E-state index contributed by atoms with van der Waals surface area (Å²) >= 11 is 0. The molecule has 0 aromatic rings. The monoisotopic (exact) mass is 212 g/mol. The molecule has 2 aliphatic rings. The minimum absolute atomic E-state index is 0.356. The van der Waals surface area contributed by atoms with Crippen LogP contribution in [0.2, 0.25) is 0 Å². The molecule has 2 heterocycles. The number of rotatable bonds is 4. The predicted molar refractivity (Wildman–Crippen MR) is 62.0 cm³/mol. The second-order valence-corrected chi connectivity index (χ2v) is 5.13. The Labute approximate surface area is 92.8 Å². The van der Waals surface area contributed by atoms with Crippen molar-refractivity contribution in [2.24, 2.45) is 0 Å². The standard InChI is InChI=1S/C12H24N2O/c15-12(5-7-13-8-6-12)4-3-11-14-9-1-2-10-14/h13,15H,1-11H2. The lowest BCUT2D eigenvalue weighted by Gasteiger charge is -2.33. The Morgan fingerprint density at radius 2 is 1.80 bits per heavy atom. The summed E-state index contributed by atoms with van der Waals surface area (Å²) in [4.78, 5) is 2.53. The summed E-state index contributed by atoms with van der Waals surface area (Å²) in [5.41, 5.74) is -0.356. The summed E-state index contributed by atoms with van der Waals surface area (Å²) in [7, 11) is 0. The van der Waals surface area contributed by atoms with Crippen molar-refractivity contribution in [3.63, 3.8) is 0 Å². The molecule has 0 radical (unpaired) electrons. The molecule has 0 aromatic carbocycles. The van der Waals surface area contributed by atoms with Gasteiger partial charge < -0.3 is 15.3 Å². The van der Waals surface area contributed by atoms with E-state index in [9.17, 15) is 5.11 Å². The van der Waals surface area contributed by atoms with Crippen molar-refractivity contribution >= 4 is 0 Å². The van der Waals surface area contributed by atoms with Crippen LogP contribution in [-0.2, 0) is 0 Å².